The Bertz CT molecular complexity index is 415. The van der Waals surface area contributed by atoms with Crippen LogP contribution in [0.1, 0.15) is 23.6 Å². The number of aryl methyl sites for hydroxylation is 1. The van der Waals surface area contributed by atoms with Gasteiger partial charge in [-0.25, -0.2) is 4.39 Å². The molecule has 0 heterocycles. The number of alkyl halides is 3. The largest absolute Gasteiger partial charge is 0.417 e. The molecule has 0 aliphatic rings. The predicted molar refractivity (Wildman–Crippen MR) is 45.5 cm³/mol. The lowest BCUT2D eigenvalue weighted by Gasteiger charge is -2.10. The molecule has 0 bridgehead atoms. The Kier molecular flexibility index (Phi) is 2.98. The van der Waals surface area contributed by atoms with Gasteiger partial charge in [0.1, 0.15) is 17.4 Å². The van der Waals surface area contributed by atoms with Gasteiger partial charge in [0.25, 0.3) is 0 Å². The fraction of sp³-hybridized carbons (Fsp3) is 0.300. The molecule has 0 aromatic heterocycles. The SMILES string of the molecule is CCc1ccc(C(F)(F)F)c(C#N)c1F. The van der Waals surface area contributed by atoms with Crippen LogP contribution in [0.3, 0.4) is 0 Å². The summed E-state index contributed by atoms with van der Waals surface area (Å²) in [7, 11) is 0. The fourth-order valence-electron chi connectivity index (χ4n) is 1.24. The number of hydrogen-bond donors (Lipinski definition) is 0. The molecule has 0 aliphatic carbocycles. The topological polar surface area (TPSA) is 23.8 Å². The normalized spacial score (nSPS) is 11.2. The average molecular weight is 217 g/mol. The van der Waals surface area contributed by atoms with E-state index in [0.29, 0.717) is 0 Å². The number of benzene rings is 1. The third-order valence-corrected chi connectivity index (χ3v) is 2.02. The molecule has 1 rings (SSSR count). The van der Waals surface area contributed by atoms with Crippen LogP contribution in [-0.4, -0.2) is 0 Å². The molecule has 5 heteroatoms. The summed E-state index contributed by atoms with van der Waals surface area (Å²) in [6.07, 6.45) is -4.45. The van der Waals surface area contributed by atoms with Gasteiger partial charge in [-0.1, -0.05) is 13.0 Å². The quantitative estimate of drug-likeness (QED) is 0.662. The second kappa shape index (κ2) is 3.89. The summed E-state index contributed by atoms with van der Waals surface area (Å²) in [5.41, 5.74) is -2.04. The first-order valence-electron chi connectivity index (χ1n) is 4.20. The number of nitriles is 1. The molecule has 0 fully saturated rings. The molecule has 0 saturated carbocycles. The highest BCUT2D eigenvalue weighted by Gasteiger charge is 2.35. The van der Waals surface area contributed by atoms with E-state index in [-0.39, 0.29) is 12.0 Å². The molecule has 1 aromatic carbocycles. The zero-order valence-electron chi connectivity index (χ0n) is 7.82. The van der Waals surface area contributed by atoms with Crippen LogP contribution in [-0.2, 0) is 12.6 Å². The van der Waals surface area contributed by atoms with Crippen molar-refractivity contribution in [1.82, 2.24) is 0 Å². The van der Waals surface area contributed by atoms with Gasteiger partial charge in [-0.2, -0.15) is 18.4 Å². The van der Waals surface area contributed by atoms with Crippen LogP contribution in [0.4, 0.5) is 17.6 Å². The number of rotatable bonds is 1. The van der Waals surface area contributed by atoms with Crippen molar-refractivity contribution in [3.63, 3.8) is 0 Å². The van der Waals surface area contributed by atoms with Crippen molar-refractivity contribution in [3.05, 3.63) is 34.6 Å². The molecule has 15 heavy (non-hydrogen) atoms. The zero-order chi connectivity index (χ0) is 11.6. The van der Waals surface area contributed by atoms with E-state index in [1.807, 2.05) is 0 Å². The Labute approximate surface area is 83.9 Å². The van der Waals surface area contributed by atoms with Gasteiger partial charge < -0.3 is 0 Å². The van der Waals surface area contributed by atoms with Crippen molar-refractivity contribution in [2.24, 2.45) is 0 Å². The van der Waals surface area contributed by atoms with Gasteiger partial charge in [0.2, 0.25) is 0 Å². The van der Waals surface area contributed by atoms with Gasteiger partial charge in [0.15, 0.2) is 0 Å². The van der Waals surface area contributed by atoms with Crippen LogP contribution < -0.4 is 0 Å². The van der Waals surface area contributed by atoms with Crippen LogP contribution >= 0.6 is 0 Å². The van der Waals surface area contributed by atoms with Gasteiger partial charge in [-0.15, -0.1) is 0 Å². The van der Waals surface area contributed by atoms with Gasteiger partial charge in [0, 0.05) is 0 Å². The lowest BCUT2D eigenvalue weighted by Crippen LogP contribution is -2.10. The molecule has 1 aromatic rings. The molecule has 0 aliphatic heterocycles. The average Bonchev–Trinajstić information content (AvgIpc) is 2.15. The Morgan fingerprint density at radius 1 is 1.33 bits per heavy atom. The lowest BCUT2D eigenvalue weighted by molar-refractivity contribution is -0.138. The summed E-state index contributed by atoms with van der Waals surface area (Å²) in [5.74, 6) is -1.07. The number of hydrogen-bond acceptors (Lipinski definition) is 1. The maximum absolute atomic E-state index is 13.3. The fourth-order valence-corrected chi connectivity index (χ4v) is 1.24. The first-order chi connectivity index (χ1) is 6.91. The second-order valence-electron chi connectivity index (χ2n) is 2.92. The molecule has 0 spiro atoms. The molecule has 0 amide bonds. The van der Waals surface area contributed by atoms with Crippen molar-refractivity contribution < 1.29 is 17.6 Å². The first-order valence-corrected chi connectivity index (χ1v) is 4.20. The summed E-state index contributed by atoms with van der Waals surface area (Å²) >= 11 is 0. The van der Waals surface area contributed by atoms with E-state index in [1.165, 1.54) is 6.07 Å². The van der Waals surface area contributed by atoms with Crippen molar-refractivity contribution in [1.29, 1.82) is 5.26 Å². The van der Waals surface area contributed by atoms with Crippen molar-refractivity contribution in [2.45, 2.75) is 19.5 Å². The highest BCUT2D eigenvalue weighted by Crippen LogP contribution is 2.33. The van der Waals surface area contributed by atoms with E-state index < -0.39 is 23.1 Å². The van der Waals surface area contributed by atoms with Crippen LogP contribution in [0.25, 0.3) is 0 Å². The van der Waals surface area contributed by atoms with E-state index in [1.54, 1.807) is 6.92 Å². The minimum Gasteiger partial charge on any atom is -0.205 e. The van der Waals surface area contributed by atoms with E-state index in [4.69, 9.17) is 5.26 Å². The van der Waals surface area contributed by atoms with E-state index >= 15 is 0 Å². The Balaban J connectivity index is 3.47. The van der Waals surface area contributed by atoms with Crippen molar-refractivity contribution >= 4 is 0 Å². The molecule has 80 valence electrons. The monoisotopic (exact) mass is 217 g/mol. The third kappa shape index (κ3) is 2.09. The molecular weight excluding hydrogens is 210 g/mol. The van der Waals surface area contributed by atoms with E-state index in [2.05, 4.69) is 0 Å². The molecule has 1 nitrogen and oxygen atoms in total. The third-order valence-electron chi connectivity index (χ3n) is 2.02. The Morgan fingerprint density at radius 2 is 1.93 bits per heavy atom. The van der Waals surface area contributed by atoms with E-state index in [9.17, 15) is 17.6 Å². The van der Waals surface area contributed by atoms with Crippen LogP contribution in [0, 0.1) is 17.1 Å². The summed E-state index contributed by atoms with van der Waals surface area (Å²) < 4.78 is 50.3. The van der Waals surface area contributed by atoms with Crippen LogP contribution in [0.5, 0.6) is 0 Å². The Morgan fingerprint density at radius 3 is 2.33 bits per heavy atom. The number of nitrogens with zero attached hydrogens (tertiary/aromatic N) is 1. The first kappa shape index (κ1) is 11.5. The molecular formula is C10H7F4N. The summed E-state index contributed by atoms with van der Waals surface area (Å²) in [6, 6.07) is 3.04. The molecule has 0 atom stereocenters. The minimum absolute atomic E-state index is 0.111. The molecule has 0 unspecified atom stereocenters. The van der Waals surface area contributed by atoms with Crippen LogP contribution in [0.2, 0.25) is 0 Å². The standard InChI is InChI=1S/C10H7F4N/c1-2-6-3-4-8(10(12,13)14)7(5-15)9(6)11/h3-4H,2H2,1H3. The predicted octanol–water partition coefficient (Wildman–Crippen LogP) is 3.28. The van der Waals surface area contributed by atoms with Crippen molar-refractivity contribution in [2.75, 3.05) is 0 Å². The summed E-state index contributed by atoms with van der Waals surface area (Å²) in [5, 5.41) is 8.49. The summed E-state index contributed by atoms with van der Waals surface area (Å²) in [4.78, 5) is 0. The van der Waals surface area contributed by atoms with Crippen LogP contribution in [0.15, 0.2) is 12.1 Å². The van der Waals surface area contributed by atoms with Gasteiger partial charge in [0.05, 0.1) is 5.56 Å². The highest BCUT2D eigenvalue weighted by molar-refractivity contribution is 5.43. The van der Waals surface area contributed by atoms with Gasteiger partial charge in [-0.05, 0) is 18.1 Å². The lowest BCUT2D eigenvalue weighted by atomic mass is 10.0. The maximum atomic E-state index is 13.3. The van der Waals surface area contributed by atoms with Gasteiger partial charge >= 0.3 is 6.18 Å². The molecule has 0 radical (unpaired) electrons. The van der Waals surface area contributed by atoms with E-state index in [0.717, 1.165) is 12.1 Å². The maximum Gasteiger partial charge on any atom is 0.417 e. The van der Waals surface area contributed by atoms with Crippen molar-refractivity contribution in [3.8, 4) is 6.07 Å². The number of halogens is 4. The molecule has 0 N–H and O–H groups in total. The smallest absolute Gasteiger partial charge is 0.205 e. The summed E-state index contributed by atoms with van der Waals surface area (Å²) in [6.45, 7) is 1.60. The second-order valence-corrected chi connectivity index (χ2v) is 2.92. The Hall–Kier alpha value is -1.57. The molecule has 0 saturated heterocycles. The zero-order valence-corrected chi connectivity index (χ0v) is 7.82. The van der Waals surface area contributed by atoms with Gasteiger partial charge in [-0.3, -0.25) is 0 Å². The minimum atomic E-state index is -4.70. The highest BCUT2D eigenvalue weighted by atomic mass is 19.4.